The molecule has 0 radical (unpaired) electrons. The number of hydrogen-bond donors (Lipinski definition) is 19. The van der Waals surface area contributed by atoms with Crippen molar-refractivity contribution in [2.75, 3.05) is 31.1 Å². The topological polar surface area (TPSA) is 474 Å². The first-order valence-corrected chi connectivity index (χ1v) is 25.3. The maximum Gasteiger partial charge on any atom is 0.305 e. The average Bonchev–Trinajstić information content (AvgIpc) is 3.89. The van der Waals surface area contributed by atoms with Crippen LogP contribution in [0.2, 0.25) is 0 Å². The number of thiol groups is 2. The fourth-order valence-corrected chi connectivity index (χ4v) is 7.92. The van der Waals surface area contributed by atoms with Gasteiger partial charge in [-0.2, -0.15) is 25.3 Å². The minimum Gasteiger partial charge on any atom is -0.508 e. The molecule has 0 aromatic heterocycles. The van der Waals surface area contributed by atoms with E-state index in [2.05, 4.69) is 78.9 Å². The van der Waals surface area contributed by atoms with Crippen molar-refractivity contribution in [1.29, 1.82) is 5.41 Å². The number of nitrogens with one attached hydrogen (secondary N) is 11. The molecule has 1 aliphatic heterocycles. The van der Waals surface area contributed by atoms with E-state index in [1.807, 2.05) is 0 Å². The van der Waals surface area contributed by atoms with Gasteiger partial charge in [-0.25, -0.2) is 10.9 Å². The Kier molecular flexibility index (Phi) is 26.9. The number of hydrazine groups is 2. The predicted molar refractivity (Wildman–Crippen MR) is 281 cm³/mol. The van der Waals surface area contributed by atoms with E-state index in [-0.39, 0.29) is 68.4 Å². The third kappa shape index (κ3) is 22.6. The number of aromatic hydroxyl groups is 1. The van der Waals surface area contributed by atoms with E-state index >= 15 is 0 Å². The second-order valence-corrected chi connectivity index (χ2v) is 18.3. The van der Waals surface area contributed by atoms with Gasteiger partial charge < -0.3 is 69.3 Å². The summed E-state index contributed by atoms with van der Waals surface area (Å²) >= 11 is 8.26. The number of carbonyl (C=O) groups is 11. The minimum atomic E-state index is -1.80. The number of guanidine groups is 1. The first-order valence-electron chi connectivity index (χ1n) is 24.0. The summed E-state index contributed by atoms with van der Waals surface area (Å²) in [5.41, 5.74) is 26.4. The summed E-state index contributed by atoms with van der Waals surface area (Å²) in [6, 6.07) is 2.96. The van der Waals surface area contributed by atoms with Crippen molar-refractivity contribution in [1.82, 2.24) is 58.5 Å². The van der Waals surface area contributed by atoms with Crippen molar-refractivity contribution >= 4 is 96.3 Å². The number of phenolic OH excluding ortho intramolecular Hbond substituents is 1. The summed E-state index contributed by atoms with van der Waals surface area (Å²) in [7, 11) is 0. The lowest BCUT2D eigenvalue weighted by molar-refractivity contribution is -0.142. The Balaban J connectivity index is 1.77. The first-order chi connectivity index (χ1) is 36.5. The maximum absolute atomic E-state index is 14.1. The number of amides is 9. The highest BCUT2D eigenvalue weighted by molar-refractivity contribution is 7.80. The van der Waals surface area contributed by atoms with Gasteiger partial charge in [-0.1, -0.05) is 42.5 Å². The SMILES string of the molecule is N=C(N)NCCC[C@H](NC(=O)[C@@H]1CCCN1C(=O)[C@H](CS)NNC(=O)[C@H](CC(=O)O)NNC(=O)[C@H](CCC(=O)O)NC(=O)[C@H](Cc1ccccc1)NC(=O)[C@H](Cc1ccc(O)cc1)NC(=O)[C@@H](N)CS)C(=O)NCC(N)=O. The Bertz CT molecular complexity index is 2410. The molecular formula is C46H67N15O14S2. The molecule has 0 bridgehead atoms. The number of hydrogen-bond acceptors (Lipinski definition) is 18. The summed E-state index contributed by atoms with van der Waals surface area (Å²) in [5.74, 6) is -11.6. The van der Waals surface area contributed by atoms with Crippen LogP contribution < -0.4 is 70.8 Å². The van der Waals surface area contributed by atoms with Gasteiger partial charge in [0.1, 0.15) is 48.0 Å². The molecule has 20 N–H and O–H groups in total. The Labute approximate surface area is 452 Å². The van der Waals surface area contributed by atoms with E-state index in [0.29, 0.717) is 17.5 Å². The Hall–Kier alpha value is -7.74. The lowest BCUT2D eigenvalue weighted by Crippen LogP contribution is -2.62. The highest BCUT2D eigenvalue weighted by Crippen LogP contribution is 2.20. The van der Waals surface area contributed by atoms with E-state index in [0.717, 1.165) is 0 Å². The molecule has 77 heavy (non-hydrogen) atoms. The molecule has 0 unspecified atom stereocenters. The van der Waals surface area contributed by atoms with Crippen molar-refractivity contribution < 1.29 is 68.1 Å². The first kappa shape index (κ1) is 63.6. The van der Waals surface area contributed by atoms with Crippen molar-refractivity contribution in [3.63, 3.8) is 0 Å². The minimum absolute atomic E-state index is 0.0324. The van der Waals surface area contributed by atoms with Gasteiger partial charge in [-0.3, -0.25) is 69.0 Å². The maximum atomic E-state index is 14.1. The van der Waals surface area contributed by atoms with Crippen LogP contribution in [0, 0.1) is 5.41 Å². The molecule has 1 heterocycles. The van der Waals surface area contributed by atoms with Crippen molar-refractivity contribution in [3.8, 4) is 5.75 Å². The molecule has 29 nitrogen and oxygen atoms in total. The smallest absolute Gasteiger partial charge is 0.305 e. The molecule has 1 aliphatic rings. The van der Waals surface area contributed by atoms with Crippen LogP contribution in [0.15, 0.2) is 54.6 Å². The summed E-state index contributed by atoms with van der Waals surface area (Å²) in [6.07, 6.45) is -1.75. The number of carbonyl (C=O) groups excluding carboxylic acids is 9. The number of phenols is 1. The average molecular weight is 1120 g/mol. The lowest BCUT2D eigenvalue weighted by Gasteiger charge is -2.30. The lowest BCUT2D eigenvalue weighted by atomic mass is 10.0. The molecule has 9 amide bonds. The van der Waals surface area contributed by atoms with E-state index in [1.54, 1.807) is 30.3 Å². The number of carboxylic acids is 2. The molecule has 1 fully saturated rings. The summed E-state index contributed by atoms with van der Waals surface area (Å²) in [4.78, 5) is 145. The molecule has 3 rings (SSSR count). The van der Waals surface area contributed by atoms with E-state index in [4.69, 9.17) is 22.6 Å². The van der Waals surface area contributed by atoms with Crippen molar-refractivity contribution in [2.24, 2.45) is 17.2 Å². The zero-order valence-electron chi connectivity index (χ0n) is 41.6. The number of nitrogens with zero attached hydrogens (tertiary/aromatic N) is 1. The van der Waals surface area contributed by atoms with Crippen LogP contribution in [0.3, 0.4) is 0 Å². The molecule has 1 saturated heterocycles. The zero-order chi connectivity index (χ0) is 57.2. The van der Waals surface area contributed by atoms with Crippen LogP contribution in [-0.2, 0) is 65.6 Å². The fourth-order valence-electron chi connectivity index (χ4n) is 7.51. The monoisotopic (exact) mass is 1120 g/mol. The van der Waals surface area contributed by atoms with Crippen LogP contribution >= 0.6 is 25.3 Å². The molecule has 2 aromatic rings. The van der Waals surface area contributed by atoms with Gasteiger partial charge in [0.15, 0.2) is 5.96 Å². The Morgan fingerprint density at radius 1 is 0.649 bits per heavy atom. The van der Waals surface area contributed by atoms with E-state index in [9.17, 15) is 68.1 Å². The summed E-state index contributed by atoms with van der Waals surface area (Å²) < 4.78 is 0. The van der Waals surface area contributed by atoms with Crippen molar-refractivity contribution in [2.45, 2.75) is 106 Å². The van der Waals surface area contributed by atoms with Crippen LogP contribution in [0.4, 0.5) is 0 Å². The van der Waals surface area contributed by atoms with Gasteiger partial charge in [0.05, 0.1) is 19.0 Å². The Morgan fingerprint density at radius 3 is 1.77 bits per heavy atom. The largest absolute Gasteiger partial charge is 0.508 e. The molecule has 2 aromatic carbocycles. The number of aliphatic carboxylic acids is 2. The third-order valence-corrected chi connectivity index (χ3v) is 12.3. The molecule has 422 valence electrons. The molecule has 0 spiro atoms. The standard InChI is InChI=1S/C46H67N15O14S2/c47-27(22-76)38(68)55-30(19-25-10-12-26(62)13-11-25)41(71)56-31(18-24-6-2-1-3-7-24)40(70)53-29(14-15-36(64)65)42(72)59-57-32(20-37(66)67)43(73)60-58-33(23-77)45(75)61-17-5-9-34(61)44(74)54-28(8-4-16-51-46(49)50)39(69)52-21-35(48)63/h1-3,6-7,10-13,27-34,57-58,62,76-77H,4-5,8-9,14-23,47H2,(H2,48,63)(H,52,69)(H,53,70)(H,54,74)(H,55,68)(H,56,71)(H,59,72)(H,60,73)(H,64,65)(H,66,67)(H4,49,50,51)/t27-,28-,29-,30-,31-,32-,33-,34-/m0/s1. The molecule has 0 saturated carbocycles. The number of primary amides is 1. The number of rotatable bonds is 33. The van der Waals surface area contributed by atoms with Gasteiger partial charge in [0.2, 0.25) is 41.4 Å². The number of nitrogens with two attached hydrogens (primary N) is 3. The highest BCUT2D eigenvalue weighted by atomic mass is 32.1. The molecule has 31 heteroatoms. The highest BCUT2D eigenvalue weighted by Gasteiger charge is 2.39. The second-order valence-electron chi connectivity index (χ2n) is 17.5. The van der Waals surface area contributed by atoms with Gasteiger partial charge in [0, 0.05) is 43.9 Å². The summed E-state index contributed by atoms with van der Waals surface area (Å²) in [6.45, 7) is -0.280. The van der Waals surface area contributed by atoms with Crippen LogP contribution in [0.5, 0.6) is 5.75 Å². The number of likely N-dealkylation sites (tertiary alicyclic amines) is 1. The molecule has 0 aliphatic carbocycles. The van der Waals surface area contributed by atoms with Crippen LogP contribution in [0.1, 0.15) is 56.1 Å². The van der Waals surface area contributed by atoms with Gasteiger partial charge in [-0.15, -0.1) is 0 Å². The van der Waals surface area contributed by atoms with E-state index in [1.165, 1.54) is 29.2 Å². The quantitative estimate of drug-likeness (QED) is 0.0104. The van der Waals surface area contributed by atoms with Gasteiger partial charge >= 0.3 is 11.9 Å². The number of benzene rings is 2. The van der Waals surface area contributed by atoms with Crippen LogP contribution in [-0.4, -0.2) is 171 Å². The Morgan fingerprint density at radius 2 is 1.21 bits per heavy atom. The second kappa shape index (κ2) is 32.6. The van der Waals surface area contributed by atoms with E-state index < -0.39 is 139 Å². The zero-order valence-corrected chi connectivity index (χ0v) is 43.4. The van der Waals surface area contributed by atoms with Gasteiger partial charge in [-0.05, 0) is 55.4 Å². The number of carboxylic acid groups (broad SMARTS) is 2. The molecule has 8 atom stereocenters. The van der Waals surface area contributed by atoms with Crippen LogP contribution in [0.25, 0.3) is 0 Å². The van der Waals surface area contributed by atoms with Crippen molar-refractivity contribution in [3.05, 3.63) is 65.7 Å². The fraction of sp³-hybridized carbons (Fsp3) is 0.478. The van der Waals surface area contributed by atoms with Gasteiger partial charge in [0.25, 0.3) is 11.8 Å². The molecular weight excluding hydrogens is 1050 g/mol. The summed E-state index contributed by atoms with van der Waals surface area (Å²) in [5, 5.41) is 51.4. The predicted octanol–water partition coefficient (Wildman–Crippen LogP) is -5.52. The third-order valence-electron chi connectivity index (χ3n) is 11.5. The normalized spacial score (nSPS) is 15.6.